The van der Waals surface area contributed by atoms with Gasteiger partial charge in [-0.05, 0) is 31.1 Å². The van der Waals surface area contributed by atoms with Crippen molar-refractivity contribution < 1.29 is 4.74 Å². The molecule has 4 nitrogen and oxygen atoms in total. The maximum atomic E-state index is 8.93. The quantitative estimate of drug-likeness (QED) is 0.784. The molecule has 0 aromatic carbocycles. The lowest BCUT2D eigenvalue weighted by atomic mass is 9.80. The van der Waals surface area contributed by atoms with E-state index in [4.69, 9.17) is 10.00 Å². The van der Waals surface area contributed by atoms with Gasteiger partial charge in [-0.1, -0.05) is 13.8 Å². The van der Waals surface area contributed by atoms with Crippen LogP contribution in [-0.4, -0.2) is 16.1 Å². The van der Waals surface area contributed by atoms with Crippen LogP contribution in [0.4, 0.5) is 0 Å². The van der Waals surface area contributed by atoms with E-state index in [2.05, 4.69) is 29.9 Å². The van der Waals surface area contributed by atoms with Gasteiger partial charge in [0.2, 0.25) is 5.88 Å². The van der Waals surface area contributed by atoms with E-state index >= 15 is 0 Å². The van der Waals surface area contributed by atoms with E-state index in [0.717, 1.165) is 18.8 Å². The first-order valence-electron chi connectivity index (χ1n) is 6.07. The lowest BCUT2D eigenvalue weighted by Crippen LogP contribution is -2.29. The molecule has 1 aliphatic carbocycles. The van der Waals surface area contributed by atoms with Crippen molar-refractivity contribution in [1.29, 1.82) is 5.26 Å². The Morgan fingerprint density at radius 1 is 1.35 bits per heavy atom. The van der Waals surface area contributed by atoms with E-state index in [-0.39, 0.29) is 6.10 Å². The van der Waals surface area contributed by atoms with Gasteiger partial charge in [-0.3, -0.25) is 0 Å². The molecule has 3 atom stereocenters. The number of nitrogens with zero attached hydrogens (tertiary/aromatic N) is 3. The van der Waals surface area contributed by atoms with E-state index in [1.165, 1.54) is 18.9 Å². The Kier molecular flexibility index (Phi) is 3.58. The largest absolute Gasteiger partial charge is 0.473 e. The Labute approximate surface area is 102 Å². The zero-order chi connectivity index (χ0) is 12.3. The Bertz CT molecular complexity index is 427. The molecule has 4 heteroatoms. The highest BCUT2D eigenvalue weighted by molar-refractivity contribution is 5.34. The predicted molar refractivity (Wildman–Crippen MR) is 63.3 cm³/mol. The zero-order valence-electron chi connectivity index (χ0n) is 10.3. The van der Waals surface area contributed by atoms with E-state index in [9.17, 15) is 0 Å². The van der Waals surface area contributed by atoms with Crippen molar-refractivity contribution in [1.82, 2.24) is 9.97 Å². The molecule has 1 fully saturated rings. The molecule has 0 N–H and O–H groups in total. The zero-order valence-corrected chi connectivity index (χ0v) is 10.3. The normalized spacial score (nSPS) is 28.4. The average molecular weight is 231 g/mol. The van der Waals surface area contributed by atoms with Gasteiger partial charge in [-0.2, -0.15) is 5.26 Å². The summed E-state index contributed by atoms with van der Waals surface area (Å²) in [7, 11) is 0. The summed E-state index contributed by atoms with van der Waals surface area (Å²) >= 11 is 0. The minimum absolute atomic E-state index is 0.184. The highest BCUT2D eigenvalue weighted by Gasteiger charge is 2.26. The smallest absolute Gasteiger partial charge is 0.235 e. The van der Waals surface area contributed by atoms with Crippen LogP contribution in [0.1, 0.15) is 38.7 Å². The van der Waals surface area contributed by atoms with Crippen LogP contribution in [0.25, 0.3) is 0 Å². The van der Waals surface area contributed by atoms with Crippen LogP contribution in [0.2, 0.25) is 0 Å². The summed E-state index contributed by atoms with van der Waals surface area (Å²) in [4.78, 5) is 7.85. The molecule has 17 heavy (non-hydrogen) atoms. The number of aromatic nitrogens is 2. The molecule has 1 aromatic rings. The van der Waals surface area contributed by atoms with Crippen LogP contribution in [0.5, 0.6) is 5.88 Å². The van der Waals surface area contributed by atoms with E-state index in [0.29, 0.717) is 17.4 Å². The third kappa shape index (κ3) is 2.73. The number of nitriles is 1. The number of hydrogen-bond donors (Lipinski definition) is 0. The van der Waals surface area contributed by atoms with Gasteiger partial charge in [0, 0.05) is 0 Å². The van der Waals surface area contributed by atoms with Gasteiger partial charge in [-0.25, -0.2) is 9.97 Å². The molecule has 1 aliphatic rings. The van der Waals surface area contributed by atoms with Gasteiger partial charge < -0.3 is 4.74 Å². The molecule has 90 valence electrons. The van der Waals surface area contributed by atoms with Crippen LogP contribution in [0.15, 0.2) is 12.5 Å². The maximum Gasteiger partial charge on any atom is 0.235 e. The number of ether oxygens (including phenoxy) is 1. The molecule has 1 saturated carbocycles. The topological polar surface area (TPSA) is 58.8 Å². The number of hydrogen-bond acceptors (Lipinski definition) is 4. The van der Waals surface area contributed by atoms with Gasteiger partial charge in [0.1, 0.15) is 24.1 Å². The second-order valence-electron chi connectivity index (χ2n) is 4.86. The monoisotopic (exact) mass is 231 g/mol. The molecule has 1 heterocycles. The van der Waals surface area contributed by atoms with Crippen LogP contribution >= 0.6 is 0 Å². The standard InChI is InChI=1S/C13H17N3O/c1-9-3-4-12(5-10(9)2)17-13-11(6-14)7-15-8-16-13/h7-10,12H,3-5H2,1-2H3. The summed E-state index contributed by atoms with van der Waals surface area (Å²) in [6.07, 6.45) is 6.36. The summed E-state index contributed by atoms with van der Waals surface area (Å²) in [5, 5.41) is 8.93. The fraction of sp³-hybridized carbons (Fsp3) is 0.615. The van der Waals surface area contributed by atoms with Crippen molar-refractivity contribution in [3.8, 4) is 11.9 Å². The molecule has 0 aliphatic heterocycles. The lowest BCUT2D eigenvalue weighted by Gasteiger charge is -2.31. The minimum Gasteiger partial charge on any atom is -0.473 e. The van der Waals surface area contributed by atoms with Crippen molar-refractivity contribution in [2.45, 2.75) is 39.2 Å². The first-order valence-corrected chi connectivity index (χ1v) is 6.07. The Morgan fingerprint density at radius 2 is 2.18 bits per heavy atom. The number of rotatable bonds is 2. The fourth-order valence-electron chi connectivity index (χ4n) is 2.25. The summed E-state index contributed by atoms with van der Waals surface area (Å²) in [5.74, 6) is 1.85. The van der Waals surface area contributed by atoms with Crippen molar-refractivity contribution in [3.05, 3.63) is 18.1 Å². The summed E-state index contributed by atoms with van der Waals surface area (Å²) in [5.41, 5.74) is 0.416. The van der Waals surface area contributed by atoms with E-state index in [1.54, 1.807) is 0 Å². The van der Waals surface area contributed by atoms with Gasteiger partial charge in [0.05, 0.1) is 6.20 Å². The van der Waals surface area contributed by atoms with Crippen LogP contribution in [0.3, 0.4) is 0 Å². The van der Waals surface area contributed by atoms with Crippen LogP contribution in [-0.2, 0) is 0 Å². The summed E-state index contributed by atoms with van der Waals surface area (Å²) < 4.78 is 5.82. The maximum absolute atomic E-state index is 8.93. The molecule has 1 aromatic heterocycles. The molecule has 0 radical (unpaired) electrons. The third-order valence-electron chi connectivity index (χ3n) is 3.62. The Balaban J connectivity index is 2.04. The van der Waals surface area contributed by atoms with Gasteiger partial charge in [0.25, 0.3) is 0 Å². The molecule has 3 unspecified atom stereocenters. The highest BCUT2D eigenvalue weighted by Crippen LogP contribution is 2.31. The minimum atomic E-state index is 0.184. The molecular formula is C13H17N3O. The van der Waals surface area contributed by atoms with Gasteiger partial charge in [0.15, 0.2) is 0 Å². The van der Waals surface area contributed by atoms with Crippen molar-refractivity contribution in [2.75, 3.05) is 0 Å². The predicted octanol–water partition coefficient (Wildman–Crippen LogP) is 2.55. The third-order valence-corrected chi connectivity index (χ3v) is 3.62. The molecular weight excluding hydrogens is 214 g/mol. The summed E-state index contributed by atoms with van der Waals surface area (Å²) in [6.45, 7) is 4.54. The van der Waals surface area contributed by atoms with Crippen LogP contribution < -0.4 is 4.74 Å². The van der Waals surface area contributed by atoms with Gasteiger partial charge in [-0.15, -0.1) is 0 Å². The van der Waals surface area contributed by atoms with Crippen molar-refractivity contribution >= 4 is 0 Å². The Morgan fingerprint density at radius 3 is 2.88 bits per heavy atom. The molecule has 0 bridgehead atoms. The van der Waals surface area contributed by atoms with Gasteiger partial charge >= 0.3 is 0 Å². The molecule has 0 spiro atoms. The summed E-state index contributed by atoms with van der Waals surface area (Å²) in [6, 6.07) is 2.06. The van der Waals surface area contributed by atoms with Crippen molar-refractivity contribution in [3.63, 3.8) is 0 Å². The second kappa shape index (κ2) is 5.13. The molecule has 0 amide bonds. The highest BCUT2D eigenvalue weighted by atomic mass is 16.5. The SMILES string of the molecule is CC1CCC(Oc2ncncc2C#N)CC1C. The fourth-order valence-corrected chi connectivity index (χ4v) is 2.25. The Hall–Kier alpha value is -1.63. The second-order valence-corrected chi connectivity index (χ2v) is 4.86. The first-order chi connectivity index (χ1) is 8.20. The molecule has 2 rings (SSSR count). The lowest BCUT2D eigenvalue weighted by molar-refractivity contribution is 0.0960. The average Bonchev–Trinajstić information content (AvgIpc) is 2.34. The first kappa shape index (κ1) is 11.8. The van der Waals surface area contributed by atoms with Crippen molar-refractivity contribution in [2.24, 2.45) is 11.8 Å². The van der Waals surface area contributed by atoms with E-state index in [1.807, 2.05) is 0 Å². The molecule has 0 saturated heterocycles. The van der Waals surface area contributed by atoms with E-state index < -0.39 is 0 Å². The van der Waals surface area contributed by atoms with Crippen LogP contribution in [0, 0.1) is 23.2 Å².